The summed E-state index contributed by atoms with van der Waals surface area (Å²) < 4.78 is 0. The second-order valence-electron chi connectivity index (χ2n) is 11.7. The van der Waals surface area contributed by atoms with E-state index in [9.17, 15) is 29.4 Å². The lowest BCUT2D eigenvalue weighted by Gasteiger charge is -2.21. The van der Waals surface area contributed by atoms with E-state index in [2.05, 4.69) is 10.6 Å². The molecule has 212 valence electrons. The van der Waals surface area contributed by atoms with Gasteiger partial charge < -0.3 is 20.8 Å². The van der Waals surface area contributed by atoms with Gasteiger partial charge >= 0.3 is 11.9 Å². The molecule has 8 heteroatoms. The molecule has 0 unspecified atom stereocenters. The van der Waals surface area contributed by atoms with Crippen LogP contribution in [0.1, 0.15) is 92.8 Å². The molecule has 2 aliphatic rings. The number of hydrogen-bond acceptors (Lipinski definition) is 4. The average molecular weight is 563 g/mol. The Hall–Kier alpha value is -4.72. The summed E-state index contributed by atoms with van der Waals surface area (Å²) in [5.74, 6) is -2.87. The average Bonchev–Trinajstić information content (AvgIpc) is 3.69. The third-order valence-electron chi connectivity index (χ3n) is 9.23. The number of rotatable bonds is 6. The molecule has 7 rings (SSSR count). The van der Waals surface area contributed by atoms with Crippen LogP contribution in [0.15, 0.2) is 48.5 Å². The second kappa shape index (κ2) is 9.98. The lowest BCUT2D eigenvalue weighted by atomic mass is 9.84. The van der Waals surface area contributed by atoms with Crippen LogP contribution in [0, 0.1) is 0 Å². The number of aromatic carboxylic acids is 2. The number of carboxylic acid groups (broad SMARTS) is 2. The Balaban J connectivity index is 1.53. The summed E-state index contributed by atoms with van der Waals surface area (Å²) in [6.07, 6.45) is 7.80. The third kappa shape index (κ3) is 4.04. The lowest BCUT2D eigenvalue weighted by molar-refractivity contribution is 0.0688. The van der Waals surface area contributed by atoms with Crippen molar-refractivity contribution in [3.8, 4) is 0 Å². The molecule has 0 aromatic heterocycles. The first kappa shape index (κ1) is 26.2. The van der Waals surface area contributed by atoms with E-state index in [-0.39, 0.29) is 35.0 Å². The molecule has 0 bridgehead atoms. The number of amides is 2. The summed E-state index contributed by atoms with van der Waals surface area (Å²) in [6, 6.07) is 13.5. The van der Waals surface area contributed by atoms with Crippen LogP contribution in [0.4, 0.5) is 0 Å². The molecule has 0 heterocycles. The van der Waals surface area contributed by atoms with Crippen molar-refractivity contribution in [1.29, 1.82) is 0 Å². The molecule has 2 fully saturated rings. The fourth-order valence-electron chi connectivity index (χ4n) is 7.29. The van der Waals surface area contributed by atoms with Crippen molar-refractivity contribution in [1.82, 2.24) is 10.6 Å². The standard InChI is InChI=1S/C34H30N2O6/c37-31(35-17-5-1-2-6-17)23-13-9-19-22-12-16-26(34(41)42)30-24(32(38)36-18-7-3-4-8-18)14-10-20(28(22)30)21-11-15-25(33(39)40)29(23)27(19)21/h9-18H,1-8H2,(H,35,37)(H,36,38)(H,39,40)(H,41,42). The summed E-state index contributed by atoms with van der Waals surface area (Å²) in [5, 5.41) is 31.3. The van der Waals surface area contributed by atoms with Gasteiger partial charge in [-0.2, -0.15) is 0 Å². The summed E-state index contributed by atoms with van der Waals surface area (Å²) in [6.45, 7) is 0. The van der Waals surface area contributed by atoms with Crippen LogP contribution in [-0.2, 0) is 0 Å². The predicted molar refractivity (Wildman–Crippen MR) is 161 cm³/mol. The van der Waals surface area contributed by atoms with Gasteiger partial charge in [-0.1, -0.05) is 49.9 Å². The molecule has 2 aliphatic carbocycles. The Morgan fingerprint density at radius 3 is 1.10 bits per heavy atom. The normalized spacial score (nSPS) is 16.2. The van der Waals surface area contributed by atoms with Gasteiger partial charge in [0.2, 0.25) is 0 Å². The minimum atomic E-state index is -1.13. The quantitative estimate of drug-likeness (QED) is 0.138. The maximum Gasteiger partial charge on any atom is 0.336 e. The molecule has 0 radical (unpaired) electrons. The van der Waals surface area contributed by atoms with Crippen molar-refractivity contribution in [3.63, 3.8) is 0 Å². The molecule has 0 aliphatic heterocycles. The molecule has 5 aromatic rings. The minimum absolute atomic E-state index is 0.0292. The van der Waals surface area contributed by atoms with E-state index in [0.29, 0.717) is 54.2 Å². The highest BCUT2D eigenvalue weighted by Crippen LogP contribution is 2.44. The van der Waals surface area contributed by atoms with Crippen molar-refractivity contribution < 1.29 is 29.4 Å². The monoisotopic (exact) mass is 562 g/mol. The van der Waals surface area contributed by atoms with Crippen molar-refractivity contribution in [3.05, 3.63) is 70.8 Å². The fourth-order valence-corrected chi connectivity index (χ4v) is 7.29. The van der Waals surface area contributed by atoms with E-state index in [4.69, 9.17) is 0 Å². The van der Waals surface area contributed by atoms with E-state index in [1.165, 1.54) is 12.1 Å². The Bertz CT molecular complexity index is 1790. The van der Waals surface area contributed by atoms with Gasteiger partial charge in [-0.3, -0.25) is 9.59 Å². The Morgan fingerprint density at radius 2 is 0.786 bits per heavy atom. The first-order chi connectivity index (χ1) is 20.3. The van der Waals surface area contributed by atoms with E-state index in [0.717, 1.165) is 51.4 Å². The highest BCUT2D eigenvalue weighted by atomic mass is 16.4. The van der Waals surface area contributed by atoms with Gasteiger partial charge in [0.1, 0.15) is 0 Å². The molecule has 0 saturated heterocycles. The van der Waals surface area contributed by atoms with E-state index in [1.54, 1.807) is 24.3 Å². The SMILES string of the molecule is O=C(O)c1ccc2c3ccc(C(=O)NC4CCCC4)c4c(C(=O)O)ccc(c5ccc(C(=O)NC6CCCC6)c1c25)c43. The second-order valence-corrected chi connectivity index (χ2v) is 11.7. The first-order valence-electron chi connectivity index (χ1n) is 14.6. The Labute approximate surface area is 241 Å². The van der Waals surface area contributed by atoms with Gasteiger partial charge in [0.05, 0.1) is 11.1 Å². The summed E-state index contributed by atoms with van der Waals surface area (Å²) in [4.78, 5) is 51.9. The number of hydrogen-bond donors (Lipinski definition) is 4. The molecule has 0 spiro atoms. The van der Waals surface area contributed by atoms with Crippen LogP contribution in [0.25, 0.3) is 43.1 Å². The van der Waals surface area contributed by atoms with Gasteiger partial charge in [0.15, 0.2) is 0 Å². The molecule has 42 heavy (non-hydrogen) atoms. The van der Waals surface area contributed by atoms with E-state index < -0.39 is 11.9 Å². The first-order valence-corrected chi connectivity index (χ1v) is 14.6. The topological polar surface area (TPSA) is 133 Å². The number of benzene rings is 5. The fraction of sp³-hybridized carbons (Fsp3) is 0.294. The molecule has 5 aromatic carbocycles. The van der Waals surface area contributed by atoms with Crippen LogP contribution in [0.2, 0.25) is 0 Å². The van der Waals surface area contributed by atoms with Gasteiger partial charge in [-0.15, -0.1) is 0 Å². The molecule has 0 atom stereocenters. The summed E-state index contributed by atoms with van der Waals surface area (Å²) >= 11 is 0. The van der Waals surface area contributed by atoms with Crippen molar-refractivity contribution in [2.75, 3.05) is 0 Å². The van der Waals surface area contributed by atoms with Gasteiger partial charge in [-0.05, 0) is 82.3 Å². The van der Waals surface area contributed by atoms with E-state index >= 15 is 0 Å². The molecule has 8 nitrogen and oxygen atoms in total. The van der Waals surface area contributed by atoms with Crippen LogP contribution >= 0.6 is 0 Å². The molecule has 2 amide bonds. The van der Waals surface area contributed by atoms with Crippen molar-refractivity contribution >= 4 is 66.8 Å². The van der Waals surface area contributed by atoms with Crippen molar-refractivity contribution in [2.45, 2.75) is 63.5 Å². The van der Waals surface area contributed by atoms with Crippen LogP contribution in [0.5, 0.6) is 0 Å². The van der Waals surface area contributed by atoms with Crippen molar-refractivity contribution in [2.24, 2.45) is 0 Å². The smallest absolute Gasteiger partial charge is 0.336 e. The zero-order valence-corrected chi connectivity index (χ0v) is 23.0. The lowest BCUT2D eigenvalue weighted by Crippen LogP contribution is -2.33. The van der Waals surface area contributed by atoms with Crippen LogP contribution in [-0.4, -0.2) is 46.0 Å². The predicted octanol–water partition coefficient (Wildman–Crippen LogP) is 6.48. The minimum Gasteiger partial charge on any atom is -0.478 e. The zero-order chi connectivity index (χ0) is 29.1. The highest BCUT2D eigenvalue weighted by molar-refractivity contribution is 6.38. The Kier molecular flexibility index (Phi) is 6.22. The maximum absolute atomic E-state index is 13.5. The van der Waals surface area contributed by atoms with Gasteiger partial charge in [-0.25, -0.2) is 9.59 Å². The van der Waals surface area contributed by atoms with Gasteiger partial charge in [0, 0.05) is 34.0 Å². The maximum atomic E-state index is 13.5. The third-order valence-corrected chi connectivity index (χ3v) is 9.23. The van der Waals surface area contributed by atoms with Crippen LogP contribution in [0.3, 0.4) is 0 Å². The van der Waals surface area contributed by atoms with E-state index in [1.807, 2.05) is 12.1 Å². The molecular weight excluding hydrogens is 532 g/mol. The molecule has 2 saturated carbocycles. The summed E-state index contributed by atoms with van der Waals surface area (Å²) in [7, 11) is 0. The number of carbonyl (C=O) groups is 4. The largest absolute Gasteiger partial charge is 0.478 e. The number of fused-ring (bicyclic) bond motifs is 2. The Morgan fingerprint density at radius 1 is 0.476 bits per heavy atom. The van der Waals surface area contributed by atoms with Gasteiger partial charge in [0.25, 0.3) is 11.8 Å². The summed E-state index contributed by atoms with van der Waals surface area (Å²) in [5.41, 5.74) is 0.659. The highest BCUT2D eigenvalue weighted by Gasteiger charge is 2.27. The van der Waals surface area contributed by atoms with Crippen LogP contribution < -0.4 is 10.6 Å². The molecule has 4 N–H and O–H groups in total. The number of nitrogens with one attached hydrogen (secondary N) is 2. The zero-order valence-electron chi connectivity index (χ0n) is 23.0. The number of carbonyl (C=O) groups excluding carboxylic acids is 2. The molecular formula is C34H30N2O6. The number of carboxylic acids is 2.